The first-order valence-electron chi connectivity index (χ1n) is 4.53. The van der Waals surface area contributed by atoms with Crippen molar-refractivity contribution < 1.29 is 9.84 Å². The van der Waals surface area contributed by atoms with Crippen LogP contribution in [0.3, 0.4) is 0 Å². The van der Waals surface area contributed by atoms with Crippen LogP contribution in [0.1, 0.15) is 27.2 Å². The van der Waals surface area contributed by atoms with E-state index in [1.54, 1.807) is 0 Å². The second-order valence-corrected chi connectivity index (χ2v) is 2.78. The molecular formula is C9H20O2. The maximum atomic E-state index is 8.78. The molecule has 0 aromatic rings. The summed E-state index contributed by atoms with van der Waals surface area (Å²) in [7, 11) is 0. The zero-order valence-corrected chi connectivity index (χ0v) is 7.84. The molecule has 1 rings (SSSR count). The lowest BCUT2D eigenvalue weighted by Crippen LogP contribution is -2.27. The second-order valence-electron chi connectivity index (χ2n) is 2.78. The smallest absolute Gasteiger partial charge is 0.0518 e. The normalized spacial score (nSPS) is 30.5. The summed E-state index contributed by atoms with van der Waals surface area (Å²) in [4.78, 5) is 0. The summed E-state index contributed by atoms with van der Waals surface area (Å²) in [5.41, 5.74) is 0. The fourth-order valence-corrected chi connectivity index (χ4v) is 1.14. The van der Waals surface area contributed by atoms with Gasteiger partial charge in [0, 0.05) is 19.1 Å². The van der Waals surface area contributed by atoms with Gasteiger partial charge in [-0.05, 0) is 12.3 Å². The summed E-state index contributed by atoms with van der Waals surface area (Å²) in [6.45, 7) is 8.07. The van der Waals surface area contributed by atoms with Crippen LogP contribution in [0.25, 0.3) is 0 Å². The van der Waals surface area contributed by atoms with Gasteiger partial charge in [-0.3, -0.25) is 0 Å². The summed E-state index contributed by atoms with van der Waals surface area (Å²) in [5, 5.41) is 8.78. The van der Waals surface area contributed by atoms with Gasteiger partial charge in [0.2, 0.25) is 0 Å². The fourth-order valence-electron chi connectivity index (χ4n) is 1.14. The first-order chi connectivity index (χ1) is 5.34. The van der Waals surface area contributed by atoms with Gasteiger partial charge in [0.15, 0.2) is 0 Å². The van der Waals surface area contributed by atoms with Gasteiger partial charge in [-0.15, -0.1) is 0 Å². The molecule has 1 aliphatic heterocycles. The molecule has 2 atom stereocenters. The van der Waals surface area contributed by atoms with Crippen molar-refractivity contribution in [2.45, 2.75) is 27.2 Å². The van der Waals surface area contributed by atoms with Gasteiger partial charge in [-0.2, -0.15) is 0 Å². The van der Waals surface area contributed by atoms with Crippen molar-refractivity contribution in [3.05, 3.63) is 0 Å². The molecule has 1 N–H and O–H groups in total. The van der Waals surface area contributed by atoms with Gasteiger partial charge in [0.1, 0.15) is 0 Å². The van der Waals surface area contributed by atoms with E-state index in [1.165, 1.54) is 0 Å². The molecule has 0 saturated carbocycles. The van der Waals surface area contributed by atoms with E-state index in [2.05, 4.69) is 6.92 Å². The summed E-state index contributed by atoms with van der Waals surface area (Å²) < 4.78 is 5.18. The lowest BCUT2D eigenvalue weighted by molar-refractivity contribution is -0.00114. The first-order valence-corrected chi connectivity index (χ1v) is 4.53. The van der Waals surface area contributed by atoms with Gasteiger partial charge in [0.05, 0.1) is 6.61 Å². The molecule has 11 heavy (non-hydrogen) atoms. The molecule has 0 bridgehead atoms. The third-order valence-corrected chi connectivity index (χ3v) is 2.09. The van der Waals surface area contributed by atoms with Crippen LogP contribution in [0.5, 0.6) is 0 Å². The fraction of sp³-hybridized carbons (Fsp3) is 1.00. The topological polar surface area (TPSA) is 29.5 Å². The van der Waals surface area contributed by atoms with Crippen molar-refractivity contribution >= 4 is 0 Å². The van der Waals surface area contributed by atoms with E-state index in [-0.39, 0.29) is 6.61 Å². The molecule has 2 nitrogen and oxygen atoms in total. The third-order valence-electron chi connectivity index (χ3n) is 2.09. The molecule has 1 aliphatic rings. The average molecular weight is 160 g/mol. The monoisotopic (exact) mass is 160 g/mol. The van der Waals surface area contributed by atoms with Crippen LogP contribution < -0.4 is 0 Å². The van der Waals surface area contributed by atoms with Gasteiger partial charge in [-0.25, -0.2) is 0 Å². The third kappa shape index (κ3) is 3.73. The molecule has 1 heterocycles. The van der Waals surface area contributed by atoms with Crippen LogP contribution in [0.2, 0.25) is 0 Å². The minimum atomic E-state index is 0.279. The zero-order chi connectivity index (χ0) is 8.69. The van der Waals surface area contributed by atoms with E-state index < -0.39 is 0 Å². The Hall–Kier alpha value is -0.0800. The minimum absolute atomic E-state index is 0.279. The molecule has 1 saturated heterocycles. The van der Waals surface area contributed by atoms with E-state index in [0.717, 1.165) is 19.6 Å². The van der Waals surface area contributed by atoms with E-state index in [0.29, 0.717) is 11.8 Å². The zero-order valence-electron chi connectivity index (χ0n) is 7.84. The minimum Gasteiger partial charge on any atom is -0.396 e. The molecule has 0 aromatic heterocycles. The van der Waals surface area contributed by atoms with Crippen molar-refractivity contribution in [1.29, 1.82) is 0 Å². The molecule has 2 heteroatoms. The van der Waals surface area contributed by atoms with Gasteiger partial charge >= 0.3 is 0 Å². The molecule has 0 spiro atoms. The van der Waals surface area contributed by atoms with Crippen molar-refractivity contribution in [3.8, 4) is 0 Å². The Morgan fingerprint density at radius 1 is 1.45 bits per heavy atom. The van der Waals surface area contributed by atoms with Crippen molar-refractivity contribution in [3.63, 3.8) is 0 Å². The Morgan fingerprint density at radius 2 is 2.09 bits per heavy atom. The Labute approximate surface area is 69.6 Å². The van der Waals surface area contributed by atoms with Crippen LogP contribution >= 0.6 is 0 Å². The largest absolute Gasteiger partial charge is 0.396 e. The standard InChI is InChI=1S/C7H14O2.C2H6/c1-6-2-3-9-5-7(6)4-8;1-2/h6-8H,2-5H2,1H3;1-2H3. The predicted octanol–water partition coefficient (Wildman–Crippen LogP) is 1.68. The Balaban J connectivity index is 0.000000461. The summed E-state index contributed by atoms with van der Waals surface area (Å²) >= 11 is 0. The van der Waals surface area contributed by atoms with Crippen LogP contribution in [0.4, 0.5) is 0 Å². The Bertz CT molecular complexity index is 83.6. The molecule has 1 fully saturated rings. The van der Waals surface area contributed by atoms with Gasteiger partial charge in [0.25, 0.3) is 0 Å². The van der Waals surface area contributed by atoms with E-state index in [9.17, 15) is 0 Å². The quantitative estimate of drug-likeness (QED) is 0.632. The predicted molar refractivity (Wildman–Crippen MR) is 46.5 cm³/mol. The maximum absolute atomic E-state index is 8.78. The SMILES string of the molecule is CC.CC1CCOCC1CO. The highest BCUT2D eigenvalue weighted by molar-refractivity contribution is 4.68. The van der Waals surface area contributed by atoms with E-state index in [4.69, 9.17) is 9.84 Å². The summed E-state index contributed by atoms with van der Waals surface area (Å²) in [6.07, 6.45) is 1.10. The number of hydrogen-bond acceptors (Lipinski definition) is 2. The second kappa shape index (κ2) is 6.62. The van der Waals surface area contributed by atoms with Crippen LogP contribution in [-0.4, -0.2) is 24.9 Å². The van der Waals surface area contributed by atoms with Crippen molar-refractivity contribution in [2.24, 2.45) is 11.8 Å². The molecule has 0 aliphatic carbocycles. The molecular weight excluding hydrogens is 140 g/mol. The summed E-state index contributed by atoms with van der Waals surface area (Å²) in [6, 6.07) is 0. The molecule has 0 amide bonds. The van der Waals surface area contributed by atoms with E-state index >= 15 is 0 Å². The highest BCUT2D eigenvalue weighted by atomic mass is 16.5. The van der Waals surface area contributed by atoms with Crippen LogP contribution in [0, 0.1) is 11.8 Å². The number of rotatable bonds is 1. The van der Waals surface area contributed by atoms with Crippen LogP contribution in [0.15, 0.2) is 0 Å². The van der Waals surface area contributed by atoms with E-state index in [1.807, 2.05) is 13.8 Å². The van der Waals surface area contributed by atoms with Gasteiger partial charge < -0.3 is 9.84 Å². The number of aliphatic hydroxyl groups excluding tert-OH is 1. The van der Waals surface area contributed by atoms with Crippen molar-refractivity contribution in [2.75, 3.05) is 19.8 Å². The molecule has 0 radical (unpaired) electrons. The summed E-state index contributed by atoms with van der Waals surface area (Å²) in [5.74, 6) is 1.03. The molecule has 2 unspecified atom stereocenters. The lowest BCUT2D eigenvalue weighted by atomic mass is 9.91. The highest BCUT2D eigenvalue weighted by Crippen LogP contribution is 2.19. The Morgan fingerprint density at radius 3 is 2.45 bits per heavy atom. The first kappa shape index (κ1) is 10.9. The average Bonchev–Trinajstić information content (AvgIpc) is 2.09. The lowest BCUT2D eigenvalue weighted by Gasteiger charge is -2.26. The number of ether oxygens (including phenoxy) is 1. The maximum Gasteiger partial charge on any atom is 0.0518 e. The number of hydrogen-bond donors (Lipinski definition) is 1. The highest BCUT2D eigenvalue weighted by Gasteiger charge is 2.20. The van der Waals surface area contributed by atoms with Gasteiger partial charge in [-0.1, -0.05) is 20.8 Å². The molecule has 0 aromatic carbocycles. The van der Waals surface area contributed by atoms with Crippen LogP contribution in [-0.2, 0) is 4.74 Å². The number of aliphatic hydroxyl groups is 1. The molecule has 68 valence electrons. The van der Waals surface area contributed by atoms with Crippen molar-refractivity contribution in [1.82, 2.24) is 0 Å². The Kier molecular flexibility index (Phi) is 6.57.